The number of hydrogen-bond donors (Lipinski definition) is 2. The van der Waals surface area contributed by atoms with E-state index in [4.69, 9.17) is 23.2 Å². The molecule has 0 spiro atoms. The summed E-state index contributed by atoms with van der Waals surface area (Å²) in [6.45, 7) is 0. The van der Waals surface area contributed by atoms with Gasteiger partial charge in [-0.25, -0.2) is 4.39 Å². The summed E-state index contributed by atoms with van der Waals surface area (Å²) < 4.78 is 13.8. The molecule has 1 aliphatic heterocycles. The molecular weight excluding hydrogens is 486 g/mol. The number of aliphatic hydroxyl groups is 1. The molecule has 176 valence electrons. The van der Waals surface area contributed by atoms with Crippen molar-refractivity contribution in [2.45, 2.75) is 25.2 Å². The number of Topliss-reactive ketones (excluding diaryl/α,β-unsaturated/α-hetero) is 1. The van der Waals surface area contributed by atoms with Crippen LogP contribution in [-0.2, 0) is 4.79 Å². The van der Waals surface area contributed by atoms with Crippen LogP contribution in [0.3, 0.4) is 0 Å². The molecule has 3 aromatic rings. The molecule has 0 saturated heterocycles. The topological polar surface area (TPSA) is 64.4 Å². The van der Waals surface area contributed by atoms with Crippen molar-refractivity contribution in [2.75, 3.05) is 4.90 Å². The van der Waals surface area contributed by atoms with E-state index in [1.807, 2.05) is 6.07 Å². The summed E-state index contributed by atoms with van der Waals surface area (Å²) in [5, 5.41) is 21.8. The summed E-state index contributed by atoms with van der Waals surface area (Å²) in [6.07, 6.45) is 1.60. The summed E-state index contributed by atoms with van der Waals surface area (Å²) >= 11 is 12.3. The fourth-order valence-electron chi connectivity index (χ4n) is 4.84. The second-order valence-corrected chi connectivity index (χ2v) is 9.43. The van der Waals surface area contributed by atoms with E-state index >= 15 is 0 Å². The number of anilines is 1. The van der Waals surface area contributed by atoms with Crippen molar-refractivity contribution >= 4 is 46.3 Å². The number of benzene rings is 3. The first kappa shape index (κ1) is 23.3. The molecule has 0 saturated carbocycles. The number of hydrogen-bond acceptors (Lipinski definition) is 3. The zero-order valence-electron chi connectivity index (χ0n) is 18.6. The summed E-state index contributed by atoms with van der Waals surface area (Å²) in [4.78, 5) is 15.1. The average Bonchev–Trinajstić information content (AvgIpc) is 2.84. The van der Waals surface area contributed by atoms with E-state index in [2.05, 4.69) is 0 Å². The van der Waals surface area contributed by atoms with Crippen LogP contribution in [0, 0.1) is 11.2 Å². The molecule has 3 aromatic carbocycles. The molecule has 0 radical (unpaired) electrons. The van der Waals surface area contributed by atoms with Gasteiger partial charge >= 0.3 is 0 Å². The van der Waals surface area contributed by atoms with Gasteiger partial charge in [0.15, 0.2) is 5.78 Å². The Morgan fingerprint density at radius 2 is 1.69 bits per heavy atom. The van der Waals surface area contributed by atoms with Crippen molar-refractivity contribution in [1.29, 1.82) is 5.41 Å². The number of ketones is 1. The largest absolute Gasteiger partial charge is 0.507 e. The molecule has 2 N–H and O–H groups in total. The highest BCUT2D eigenvalue weighted by molar-refractivity contribution is 6.31. The SMILES string of the molecule is N=C1/C(=C(/O)c2ccc(Cl)cc2)C(c2ccc(F)cc2)C2=C(CCCC2=O)N1c1cccc(Cl)c1. The van der Waals surface area contributed by atoms with Gasteiger partial charge in [-0.1, -0.05) is 41.4 Å². The molecule has 35 heavy (non-hydrogen) atoms. The van der Waals surface area contributed by atoms with E-state index in [0.29, 0.717) is 57.4 Å². The summed E-state index contributed by atoms with van der Waals surface area (Å²) in [5.41, 5.74) is 3.18. The van der Waals surface area contributed by atoms with Gasteiger partial charge in [-0.2, -0.15) is 0 Å². The molecule has 7 heteroatoms. The van der Waals surface area contributed by atoms with Crippen LogP contribution in [0.5, 0.6) is 0 Å². The van der Waals surface area contributed by atoms with Gasteiger partial charge in [0.2, 0.25) is 0 Å². The number of nitrogens with one attached hydrogen (secondary N) is 1. The first-order chi connectivity index (χ1) is 16.8. The molecule has 1 aliphatic carbocycles. The van der Waals surface area contributed by atoms with Gasteiger partial charge in [0, 0.05) is 50.5 Å². The molecule has 5 rings (SSSR count). The number of carbonyl (C=O) groups is 1. The van der Waals surface area contributed by atoms with E-state index in [9.17, 15) is 19.7 Å². The Labute approximate surface area is 212 Å². The van der Waals surface area contributed by atoms with E-state index in [1.165, 1.54) is 12.1 Å². The zero-order valence-corrected chi connectivity index (χ0v) is 20.1. The van der Waals surface area contributed by atoms with Crippen LogP contribution in [0.4, 0.5) is 10.1 Å². The number of rotatable bonds is 3. The van der Waals surface area contributed by atoms with Gasteiger partial charge < -0.3 is 5.11 Å². The number of nitrogens with zero attached hydrogens (tertiary/aromatic N) is 1. The molecule has 2 aliphatic rings. The van der Waals surface area contributed by atoms with Crippen LogP contribution >= 0.6 is 23.2 Å². The Morgan fingerprint density at radius 1 is 0.971 bits per heavy atom. The Kier molecular flexibility index (Phi) is 6.22. The van der Waals surface area contributed by atoms with Gasteiger partial charge in [-0.15, -0.1) is 0 Å². The summed E-state index contributed by atoms with van der Waals surface area (Å²) in [5.74, 6) is -1.30. The van der Waals surface area contributed by atoms with Crippen molar-refractivity contribution in [3.05, 3.63) is 117 Å². The van der Waals surface area contributed by atoms with Crippen molar-refractivity contribution in [3.63, 3.8) is 0 Å². The lowest BCUT2D eigenvalue weighted by molar-refractivity contribution is -0.116. The molecule has 0 aromatic heterocycles. The van der Waals surface area contributed by atoms with Crippen LogP contribution < -0.4 is 4.90 Å². The summed E-state index contributed by atoms with van der Waals surface area (Å²) in [6, 6.07) is 19.6. The van der Waals surface area contributed by atoms with Crippen molar-refractivity contribution in [1.82, 2.24) is 0 Å². The third-order valence-electron chi connectivity index (χ3n) is 6.40. The standard InChI is InChI=1S/C28H21Cl2FN2O2/c29-18-11-7-17(8-12-18)27(35)26-24(16-9-13-20(31)14-10-16)25-22(5-2-6-23(25)34)33(28(26)32)21-4-1-3-19(30)15-21/h1,3-4,7-15,24,32,35H,2,5-6H2/b27-26+,32-28?. The molecule has 0 bridgehead atoms. The molecule has 0 fully saturated rings. The Hall–Kier alpha value is -3.41. The van der Waals surface area contributed by atoms with Crippen molar-refractivity contribution in [2.24, 2.45) is 0 Å². The third-order valence-corrected chi connectivity index (χ3v) is 6.88. The lowest BCUT2D eigenvalue weighted by Crippen LogP contribution is -2.42. The lowest BCUT2D eigenvalue weighted by atomic mass is 9.73. The van der Waals surface area contributed by atoms with Crippen LogP contribution in [-0.4, -0.2) is 16.7 Å². The van der Waals surface area contributed by atoms with Crippen LogP contribution in [0.1, 0.15) is 36.3 Å². The predicted octanol–water partition coefficient (Wildman–Crippen LogP) is 7.69. The lowest BCUT2D eigenvalue weighted by Gasteiger charge is -2.41. The maximum absolute atomic E-state index is 13.8. The minimum Gasteiger partial charge on any atom is -0.507 e. The Balaban J connectivity index is 1.82. The molecular formula is C28H21Cl2FN2O2. The number of aliphatic hydroxyl groups excluding tert-OH is 1. The van der Waals surface area contributed by atoms with E-state index in [1.54, 1.807) is 59.5 Å². The normalized spacial score (nSPS) is 19.6. The number of carbonyl (C=O) groups excluding carboxylic acids is 1. The van der Waals surface area contributed by atoms with Crippen molar-refractivity contribution in [3.8, 4) is 0 Å². The summed E-state index contributed by atoms with van der Waals surface area (Å²) in [7, 11) is 0. The van der Waals surface area contributed by atoms with Gasteiger partial charge in [0.25, 0.3) is 0 Å². The third kappa shape index (κ3) is 4.26. The first-order valence-corrected chi connectivity index (χ1v) is 12.0. The van der Waals surface area contributed by atoms with E-state index in [-0.39, 0.29) is 23.0 Å². The number of halogens is 3. The van der Waals surface area contributed by atoms with Gasteiger partial charge in [-0.05, 0) is 73.0 Å². The van der Waals surface area contributed by atoms with Gasteiger partial charge in [0.1, 0.15) is 17.4 Å². The number of allylic oxidation sites excluding steroid dienone is 2. The minimum absolute atomic E-state index is 0.0301. The molecule has 4 nitrogen and oxygen atoms in total. The molecule has 0 amide bonds. The molecule has 1 heterocycles. The number of amidine groups is 1. The average molecular weight is 507 g/mol. The quantitative estimate of drug-likeness (QED) is 0.357. The minimum atomic E-state index is -0.725. The zero-order chi connectivity index (χ0) is 24.7. The second kappa shape index (κ2) is 9.33. The first-order valence-electron chi connectivity index (χ1n) is 11.2. The maximum Gasteiger partial charge on any atom is 0.161 e. The Morgan fingerprint density at radius 3 is 2.37 bits per heavy atom. The second-order valence-electron chi connectivity index (χ2n) is 8.55. The van der Waals surface area contributed by atoms with E-state index in [0.717, 1.165) is 0 Å². The van der Waals surface area contributed by atoms with Crippen LogP contribution in [0.2, 0.25) is 10.0 Å². The monoisotopic (exact) mass is 506 g/mol. The highest BCUT2D eigenvalue weighted by Gasteiger charge is 2.43. The fourth-order valence-corrected chi connectivity index (χ4v) is 5.15. The van der Waals surface area contributed by atoms with Crippen molar-refractivity contribution < 1.29 is 14.3 Å². The molecule has 1 atom stereocenters. The predicted molar refractivity (Wildman–Crippen MR) is 138 cm³/mol. The van der Waals surface area contributed by atoms with E-state index < -0.39 is 11.7 Å². The fraction of sp³-hybridized carbons (Fsp3) is 0.143. The molecule has 1 unspecified atom stereocenters. The smallest absolute Gasteiger partial charge is 0.161 e. The highest BCUT2D eigenvalue weighted by Crippen LogP contribution is 2.48. The Bertz CT molecular complexity index is 1400. The van der Waals surface area contributed by atoms with Gasteiger partial charge in [-0.3, -0.25) is 15.1 Å². The maximum atomic E-state index is 13.8. The highest BCUT2D eigenvalue weighted by atomic mass is 35.5. The van der Waals surface area contributed by atoms with Gasteiger partial charge in [0.05, 0.1) is 0 Å². The van der Waals surface area contributed by atoms with Crippen LogP contribution in [0.25, 0.3) is 5.76 Å². The van der Waals surface area contributed by atoms with Crippen LogP contribution in [0.15, 0.2) is 89.6 Å².